The van der Waals surface area contributed by atoms with Crippen LogP contribution >= 0.6 is 11.3 Å². The number of nitriles is 1. The number of aryl methyl sites for hydroxylation is 1. The molecule has 0 saturated carbocycles. The number of fused-ring (bicyclic) bond motifs is 1. The second-order valence-electron chi connectivity index (χ2n) is 7.84. The topological polar surface area (TPSA) is 84.2 Å². The van der Waals surface area contributed by atoms with E-state index in [1.807, 2.05) is 19.4 Å². The molecule has 2 fully saturated rings. The van der Waals surface area contributed by atoms with E-state index in [2.05, 4.69) is 26.6 Å². The molecule has 0 unspecified atom stereocenters. The molecule has 3 heterocycles. The first-order valence-corrected chi connectivity index (χ1v) is 11.7. The maximum atomic E-state index is 13.7. The van der Waals surface area contributed by atoms with Gasteiger partial charge in [0.1, 0.15) is 11.9 Å². The zero-order valence-corrected chi connectivity index (χ0v) is 19.6. The third-order valence-electron chi connectivity index (χ3n) is 5.71. The number of aromatic nitrogens is 1. The smallest absolute Gasteiger partial charge is 0.182 e. The summed E-state index contributed by atoms with van der Waals surface area (Å²) in [5.74, 6) is -0.251. The van der Waals surface area contributed by atoms with E-state index in [9.17, 15) is 9.65 Å². The minimum atomic E-state index is -0.251. The van der Waals surface area contributed by atoms with Gasteiger partial charge in [-0.1, -0.05) is 6.92 Å². The molecule has 0 amide bonds. The summed E-state index contributed by atoms with van der Waals surface area (Å²) < 4.78 is 13.7. The third-order valence-corrected chi connectivity index (χ3v) is 6.50. The number of benzene rings is 1. The summed E-state index contributed by atoms with van der Waals surface area (Å²) >= 11 is 1.60. The maximum absolute atomic E-state index is 13.7. The summed E-state index contributed by atoms with van der Waals surface area (Å²) in [6.07, 6.45) is 7.55. The number of aliphatic hydroxyl groups excluding tert-OH is 1. The Bertz CT molecular complexity index is 825. The fourth-order valence-electron chi connectivity index (χ4n) is 4.04. The molecule has 2 aliphatic heterocycles. The Kier molecular flexibility index (Phi) is 10.2. The van der Waals surface area contributed by atoms with E-state index >= 15 is 0 Å². The summed E-state index contributed by atoms with van der Waals surface area (Å²) in [4.78, 5) is 6.49. The van der Waals surface area contributed by atoms with Gasteiger partial charge < -0.3 is 15.7 Å². The Hall–Kier alpha value is -2.21. The van der Waals surface area contributed by atoms with Crippen LogP contribution in [0.4, 0.5) is 15.2 Å². The van der Waals surface area contributed by atoms with Gasteiger partial charge in [0, 0.05) is 37.3 Å². The average Bonchev–Trinajstić information content (AvgIpc) is 3.52. The molecule has 2 aliphatic rings. The van der Waals surface area contributed by atoms with E-state index in [1.165, 1.54) is 44.8 Å². The fraction of sp³-hybridized carbons (Fsp3) is 0.565. The number of halogens is 1. The molecular formula is C23H34FN5OS. The van der Waals surface area contributed by atoms with Crippen molar-refractivity contribution in [1.82, 2.24) is 9.88 Å². The van der Waals surface area contributed by atoms with Gasteiger partial charge in [-0.25, -0.2) is 9.37 Å². The van der Waals surface area contributed by atoms with Gasteiger partial charge in [-0.2, -0.15) is 5.26 Å². The average molecular weight is 448 g/mol. The molecule has 0 bridgehead atoms. The molecule has 2 saturated heterocycles. The normalized spacial score (nSPS) is 16.3. The second kappa shape index (κ2) is 12.6. The molecule has 8 heteroatoms. The second-order valence-corrected chi connectivity index (χ2v) is 8.74. The summed E-state index contributed by atoms with van der Waals surface area (Å²) in [5.41, 5.74) is 1.91. The number of hydrogen-bond donors (Lipinski definition) is 3. The highest BCUT2D eigenvalue weighted by Crippen LogP contribution is 2.39. The number of thiazole rings is 1. The van der Waals surface area contributed by atoms with E-state index in [4.69, 9.17) is 5.11 Å². The van der Waals surface area contributed by atoms with Crippen molar-refractivity contribution in [1.29, 1.82) is 5.26 Å². The lowest BCUT2D eigenvalue weighted by Crippen LogP contribution is -2.44. The summed E-state index contributed by atoms with van der Waals surface area (Å²) in [5, 5.41) is 26.2. The van der Waals surface area contributed by atoms with Crippen molar-refractivity contribution in [3.8, 4) is 6.07 Å². The predicted octanol–water partition coefficient (Wildman–Crippen LogP) is 4.62. The number of anilines is 2. The number of rotatable bonds is 5. The largest absolute Gasteiger partial charge is 0.396 e. The Balaban J connectivity index is 0.000000256. The van der Waals surface area contributed by atoms with E-state index in [0.29, 0.717) is 23.4 Å². The Morgan fingerprint density at radius 3 is 2.48 bits per heavy atom. The molecule has 31 heavy (non-hydrogen) atoms. The van der Waals surface area contributed by atoms with Gasteiger partial charge in [-0.05, 0) is 69.8 Å². The van der Waals surface area contributed by atoms with E-state index < -0.39 is 0 Å². The molecular weight excluding hydrogens is 413 g/mol. The van der Waals surface area contributed by atoms with Crippen LogP contribution in [0.25, 0.3) is 0 Å². The van der Waals surface area contributed by atoms with Gasteiger partial charge in [0.05, 0.1) is 11.3 Å². The summed E-state index contributed by atoms with van der Waals surface area (Å²) in [6, 6.07) is 5.23. The molecule has 170 valence electrons. The lowest BCUT2D eigenvalue weighted by molar-refractivity contribution is 0.209. The molecule has 0 spiro atoms. The molecule has 6 nitrogen and oxygen atoms in total. The molecule has 0 aliphatic carbocycles. The minimum absolute atomic E-state index is 0.230. The van der Waals surface area contributed by atoms with Crippen molar-refractivity contribution >= 4 is 22.2 Å². The van der Waals surface area contributed by atoms with Crippen molar-refractivity contribution in [2.24, 2.45) is 0 Å². The minimum Gasteiger partial charge on any atom is -0.396 e. The zero-order chi connectivity index (χ0) is 22.7. The third kappa shape index (κ3) is 6.89. The van der Waals surface area contributed by atoms with Crippen molar-refractivity contribution < 1.29 is 9.50 Å². The Morgan fingerprint density at radius 1 is 1.32 bits per heavy atom. The van der Waals surface area contributed by atoms with Gasteiger partial charge in [-0.3, -0.25) is 4.90 Å². The van der Waals surface area contributed by atoms with Gasteiger partial charge in [0.15, 0.2) is 5.13 Å². The molecule has 0 atom stereocenters. The van der Waals surface area contributed by atoms with Crippen LogP contribution in [0.3, 0.4) is 0 Å². The van der Waals surface area contributed by atoms with Crippen LogP contribution < -0.4 is 10.6 Å². The number of nitrogens with one attached hydrogen (secondary N) is 2. The van der Waals surface area contributed by atoms with Gasteiger partial charge >= 0.3 is 0 Å². The van der Waals surface area contributed by atoms with Crippen molar-refractivity contribution in [2.75, 3.05) is 43.9 Å². The van der Waals surface area contributed by atoms with Crippen molar-refractivity contribution in [3.63, 3.8) is 0 Å². The van der Waals surface area contributed by atoms with Crippen LogP contribution in [-0.4, -0.2) is 53.8 Å². The van der Waals surface area contributed by atoms with Gasteiger partial charge in [0.25, 0.3) is 0 Å². The first-order valence-electron chi connectivity index (χ1n) is 10.9. The number of nitrogens with zero attached hydrogens (tertiary/aromatic N) is 3. The van der Waals surface area contributed by atoms with E-state index in [0.717, 1.165) is 18.1 Å². The summed E-state index contributed by atoms with van der Waals surface area (Å²) in [6.45, 7) is 7.10. The Morgan fingerprint density at radius 2 is 2.00 bits per heavy atom. The van der Waals surface area contributed by atoms with Crippen LogP contribution in [-0.2, 0) is 0 Å². The van der Waals surface area contributed by atoms with Crippen molar-refractivity contribution in [2.45, 2.75) is 51.5 Å². The highest BCUT2D eigenvalue weighted by atomic mass is 32.1. The van der Waals surface area contributed by atoms with Crippen LogP contribution in [0.1, 0.15) is 50.2 Å². The van der Waals surface area contributed by atoms with Crippen LogP contribution in [0, 0.1) is 24.1 Å². The van der Waals surface area contributed by atoms with Gasteiger partial charge in [-0.15, -0.1) is 11.3 Å². The number of aliphatic hydroxyl groups is 1. The van der Waals surface area contributed by atoms with Crippen molar-refractivity contribution in [3.05, 3.63) is 40.7 Å². The van der Waals surface area contributed by atoms with Crippen LogP contribution in [0.15, 0.2) is 23.7 Å². The first-order chi connectivity index (χ1) is 15.0. The fourth-order valence-corrected chi connectivity index (χ4v) is 4.53. The highest BCUT2D eigenvalue weighted by Gasteiger charge is 2.43. The summed E-state index contributed by atoms with van der Waals surface area (Å²) in [7, 11) is 1.86. The van der Waals surface area contributed by atoms with Crippen LogP contribution in [0.5, 0.6) is 0 Å². The molecule has 3 N–H and O–H groups in total. The monoisotopic (exact) mass is 447 g/mol. The molecule has 1 aromatic heterocycles. The lowest BCUT2D eigenvalue weighted by Gasteiger charge is -2.32. The zero-order valence-electron chi connectivity index (χ0n) is 18.7. The standard InChI is InChI=1S/C16H20FN3.C4H6N2S.C3H8O/c1-12-8-13(10-18)15(9-14(12)17)19-11-16-4-2-6-20(16)7-3-5-16;1-5-4-6-2-3-7-4;1-2-3-4/h8-9,19H,2-7,11H2,1H3;2-3H,1H3,(H,5,6);4H,2-3H2,1H3. The SMILES string of the molecule is CCCO.CNc1nccs1.Cc1cc(C#N)c(NCC23CCCN2CCC3)cc1F. The molecule has 0 radical (unpaired) electrons. The lowest BCUT2D eigenvalue weighted by atomic mass is 9.94. The molecule has 4 rings (SSSR count). The molecule has 2 aromatic rings. The van der Waals surface area contributed by atoms with Gasteiger partial charge in [0.2, 0.25) is 0 Å². The molecule has 1 aromatic carbocycles. The maximum Gasteiger partial charge on any atom is 0.182 e. The highest BCUT2D eigenvalue weighted by molar-refractivity contribution is 7.13. The van der Waals surface area contributed by atoms with Crippen LogP contribution in [0.2, 0.25) is 0 Å². The number of hydrogen-bond acceptors (Lipinski definition) is 7. The van der Waals surface area contributed by atoms with E-state index in [-0.39, 0.29) is 11.4 Å². The predicted molar refractivity (Wildman–Crippen MR) is 126 cm³/mol. The Labute approximate surface area is 189 Å². The quantitative estimate of drug-likeness (QED) is 0.620. The first kappa shape index (κ1) is 25.1. The van der Waals surface area contributed by atoms with E-state index in [1.54, 1.807) is 30.5 Å².